The topological polar surface area (TPSA) is 6.48 Å². The van der Waals surface area contributed by atoms with Gasteiger partial charge in [-0.15, -0.1) is 11.8 Å². The zero-order valence-electron chi connectivity index (χ0n) is 31.7. The molecule has 0 saturated heterocycles. The first kappa shape index (κ1) is 33.3. The van der Waals surface area contributed by atoms with Crippen LogP contribution in [-0.4, -0.2) is 5.25 Å². The summed E-state index contributed by atoms with van der Waals surface area (Å²) in [6.07, 6.45) is 9.17. The van der Waals surface area contributed by atoms with E-state index in [9.17, 15) is 0 Å². The van der Waals surface area contributed by atoms with Crippen LogP contribution in [0.2, 0.25) is 0 Å². The van der Waals surface area contributed by atoms with Crippen LogP contribution in [0.1, 0.15) is 33.7 Å². The zero-order valence-corrected chi connectivity index (χ0v) is 32.6. The van der Waals surface area contributed by atoms with E-state index in [2.05, 4.69) is 228 Å². The molecular weight excluding hydrogens is 721 g/mol. The van der Waals surface area contributed by atoms with Crippen LogP contribution in [-0.2, 0) is 5.41 Å². The van der Waals surface area contributed by atoms with Gasteiger partial charge in [0, 0.05) is 44.4 Å². The van der Waals surface area contributed by atoms with Gasteiger partial charge in [0.15, 0.2) is 0 Å². The first-order valence-corrected chi connectivity index (χ1v) is 21.1. The summed E-state index contributed by atoms with van der Waals surface area (Å²) in [5.41, 5.74) is 18.3. The second kappa shape index (κ2) is 13.1. The predicted molar refractivity (Wildman–Crippen MR) is 243 cm³/mol. The number of hydrogen-bond donors (Lipinski definition) is 0. The largest absolute Gasteiger partial charge is 0.310 e. The van der Waals surface area contributed by atoms with Crippen molar-refractivity contribution in [1.82, 2.24) is 0 Å². The number of fused-ring (bicyclic) bond motifs is 13. The molecule has 0 saturated carbocycles. The number of nitrogens with zero attached hydrogens (tertiary/aromatic N) is 2. The number of thioether (sulfide) groups is 1. The van der Waals surface area contributed by atoms with Crippen LogP contribution in [0, 0.1) is 0 Å². The number of hydrogen-bond acceptors (Lipinski definition) is 3. The zero-order chi connectivity index (χ0) is 38.2. The molecule has 8 aromatic rings. The van der Waals surface area contributed by atoms with E-state index in [0.29, 0.717) is 11.2 Å². The van der Waals surface area contributed by atoms with Crippen LogP contribution in [0.3, 0.4) is 0 Å². The van der Waals surface area contributed by atoms with E-state index in [1.54, 1.807) is 0 Å². The molecule has 0 radical (unpaired) electrons. The molecule has 12 rings (SSSR count). The fraction of sp³-hybridized carbons (Fsp3) is 0.0545. The highest BCUT2D eigenvalue weighted by molar-refractivity contribution is 8.00. The van der Waals surface area contributed by atoms with Gasteiger partial charge < -0.3 is 9.80 Å². The molecule has 0 N–H and O–H groups in total. The van der Waals surface area contributed by atoms with E-state index in [-0.39, 0.29) is 0 Å². The van der Waals surface area contributed by atoms with Crippen molar-refractivity contribution in [2.75, 3.05) is 9.80 Å². The van der Waals surface area contributed by atoms with Crippen molar-refractivity contribution in [1.29, 1.82) is 0 Å². The summed E-state index contributed by atoms with van der Waals surface area (Å²) < 4.78 is 0. The highest BCUT2D eigenvalue weighted by Crippen LogP contribution is 2.65. The van der Waals surface area contributed by atoms with Gasteiger partial charge in [-0.25, -0.2) is 0 Å². The Kier molecular flexibility index (Phi) is 7.55. The van der Waals surface area contributed by atoms with Crippen LogP contribution in [0.4, 0.5) is 34.1 Å². The second-order valence-corrected chi connectivity index (χ2v) is 16.7. The number of allylic oxidation sites excluding steroid dienone is 3. The molecule has 2 unspecified atom stereocenters. The molecule has 0 bridgehead atoms. The van der Waals surface area contributed by atoms with Gasteiger partial charge in [-0.3, -0.25) is 0 Å². The van der Waals surface area contributed by atoms with Crippen LogP contribution in [0.25, 0.3) is 22.3 Å². The molecule has 0 fully saturated rings. The number of anilines is 6. The Hall–Kier alpha value is -6.81. The Labute approximate surface area is 344 Å². The molecule has 3 heteroatoms. The third-order valence-corrected chi connectivity index (χ3v) is 13.9. The standard InChI is InChI=1S/C55H38N2S/c1-4-18-37(19-5-1)56(38-20-6-2-7-21-38)49-30-16-29-48-53(49)44-36-40(34-35-47(44)55(48)45-27-13-10-24-41(45)42-25-11-14-28-46(42)55)57(39-22-8-3-9-23-39)50-31-17-33-52-54(50)43-26-12-15-32-51(43)58-52/h1-36,43,51H. The van der Waals surface area contributed by atoms with Gasteiger partial charge in [-0.1, -0.05) is 152 Å². The number of para-hydroxylation sites is 3. The van der Waals surface area contributed by atoms with E-state index in [0.717, 1.165) is 28.4 Å². The molecule has 274 valence electrons. The van der Waals surface area contributed by atoms with E-state index in [1.807, 2.05) is 11.8 Å². The van der Waals surface area contributed by atoms with E-state index >= 15 is 0 Å². The molecule has 2 nitrogen and oxygen atoms in total. The molecule has 1 aliphatic heterocycles. The first-order valence-electron chi connectivity index (χ1n) is 20.2. The lowest BCUT2D eigenvalue weighted by atomic mass is 9.70. The van der Waals surface area contributed by atoms with Crippen LogP contribution in [0.5, 0.6) is 0 Å². The van der Waals surface area contributed by atoms with E-state index in [1.165, 1.54) is 60.7 Å². The fourth-order valence-electron chi connectivity index (χ4n) is 10.3. The van der Waals surface area contributed by atoms with Gasteiger partial charge in [0.25, 0.3) is 0 Å². The molecule has 0 amide bonds. The molecule has 2 atom stereocenters. The average Bonchev–Trinajstić information content (AvgIpc) is 3.92. The third-order valence-electron chi connectivity index (χ3n) is 12.6. The Bertz CT molecular complexity index is 2870. The maximum atomic E-state index is 2.50. The Morgan fingerprint density at radius 2 is 0.914 bits per heavy atom. The third kappa shape index (κ3) is 4.74. The average molecular weight is 759 g/mol. The summed E-state index contributed by atoms with van der Waals surface area (Å²) in [7, 11) is 0. The Morgan fingerprint density at radius 3 is 1.57 bits per heavy atom. The summed E-state index contributed by atoms with van der Waals surface area (Å²) in [6.45, 7) is 0. The van der Waals surface area contributed by atoms with Gasteiger partial charge in [-0.2, -0.15) is 0 Å². The van der Waals surface area contributed by atoms with Crippen molar-refractivity contribution >= 4 is 45.9 Å². The van der Waals surface area contributed by atoms with Crippen molar-refractivity contribution in [3.63, 3.8) is 0 Å². The lowest BCUT2D eigenvalue weighted by Crippen LogP contribution is -2.26. The van der Waals surface area contributed by atoms with Gasteiger partial charge >= 0.3 is 0 Å². The Morgan fingerprint density at radius 1 is 0.397 bits per heavy atom. The minimum atomic E-state index is -0.486. The number of benzene rings is 8. The van der Waals surface area contributed by atoms with Crippen LogP contribution in [0.15, 0.2) is 223 Å². The molecule has 58 heavy (non-hydrogen) atoms. The van der Waals surface area contributed by atoms with Gasteiger partial charge in [-0.05, 0) is 111 Å². The molecular formula is C55H38N2S. The molecule has 0 aromatic heterocycles. The molecule has 1 spiro atoms. The highest BCUT2D eigenvalue weighted by Gasteiger charge is 2.52. The summed E-state index contributed by atoms with van der Waals surface area (Å²) >= 11 is 1.98. The first-order chi connectivity index (χ1) is 28.8. The minimum Gasteiger partial charge on any atom is -0.310 e. The maximum absolute atomic E-state index is 2.50. The van der Waals surface area contributed by atoms with Crippen molar-refractivity contribution in [3.8, 4) is 22.3 Å². The lowest BCUT2D eigenvalue weighted by molar-refractivity contribution is 0.793. The number of rotatable bonds is 6. The quantitative estimate of drug-likeness (QED) is 0.167. The predicted octanol–water partition coefficient (Wildman–Crippen LogP) is 14.7. The molecule has 4 aliphatic rings. The van der Waals surface area contributed by atoms with Crippen molar-refractivity contribution in [2.45, 2.75) is 21.5 Å². The van der Waals surface area contributed by atoms with Crippen LogP contribution >= 0.6 is 11.8 Å². The van der Waals surface area contributed by atoms with Crippen LogP contribution < -0.4 is 9.80 Å². The smallest absolute Gasteiger partial charge is 0.0726 e. The normalized spacial score (nSPS) is 16.9. The molecule has 1 heterocycles. The second-order valence-electron chi connectivity index (χ2n) is 15.5. The maximum Gasteiger partial charge on any atom is 0.0726 e. The van der Waals surface area contributed by atoms with Gasteiger partial charge in [0.05, 0.1) is 16.8 Å². The van der Waals surface area contributed by atoms with Crippen molar-refractivity contribution < 1.29 is 0 Å². The summed E-state index contributed by atoms with van der Waals surface area (Å²) in [6, 6.07) is 71.9. The SMILES string of the molecule is C1=CC2Sc3cccc(N(c4ccccc4)c4ccc5c(c4)-c4c(N(c6ccccc6)c6ccccc6)cccc4C54c5ccccc5-c5ccccc54)c3C2C=C1. The molecule has 3 aliphatic carbocycles. The lowest BCUT2D eigenvalue weighted by Gasteiger charge is -2.32. The van der Waals surface area contributed by atoms with Gasteiger partial charge in [0.1, 0.15) is 0 Å². The van der Waals surface area contributed by atoms with Crippen molar-refractivity contribution in [3.05, 3.63) is 246 Å². The highest BCUT2D eigenvalue weighted by atomic mass is 32.2. The summed E-state index contributed by atoms with van der Waals surface area (Å²) in [5.74, 6) is 0.314. The minimum absolute atomic E-state index is 0.314. The monoisotopic (exact) mass is 758 g/mol. The van der Waals surface area contributed by atoms with Crippen molar-refractivity contribution in [2.24, 2.45) is 0 Å². The molecule has 8 aromatic carbocycles. The Balaban J connectivity index is 1.17. The summed E-state index contributed by atoms with van der Waals surface area (Å²) in [4.78, 5) is 6.31. The summed E-state index contributed by atoms with van der Waals surface area (Å²) in [5, 5.41) is 0.401. The van der Waals surface area contributed by atoms with E-state index in [4.69, 9.17) is 0 Å². The van der Waals surface area contributed by atoms with E-state index < -0.39 is 5.41 Å². The fourth-order valence-corrected chi connectivity index (χ4v) is 11.7. The van der Waals surface area contributed by atoms with Gasteiger partial charge in [0.2, 0.25) is 0 Å².